The number of rotatable bonds is 6. The van der Waals surface area contributed by atoms with E-state index in [4.69, 9.17) is 9.47 Å². The Morgan fingerprint density at radius 1 is 1.10 bits per heavy atom. The van der Waals surface area contributed by atoms with Crippen molar-refractivity contribution in [1.29, 1.82) is 0 Å². The zero-order chi connectivity index (χ0) is 15.2. The molecule has 112 valence electrons. The fourth-order valence-electron chi connectivity index (χ4n) is 2.29. The second-order valence-electron chi connectivity index (χ2n) is 5.48. The number of fused-ring (bicyclic) bond motifs is 1. The number of carbonyl (C=O) groups is 1. The summed E-state index contributed by atoms with van der Waals surface area (Å²) in [4.78, 5) is 11.8. The van der Waals surface area contributed by atoms with Crippen LogP contribution in [-0.4, -0.2) is 18.7 Å². The number of carbonyl (C=O) groups excluding carboxylic acids is 1. The van der Waals surface area contributed by atoms with Crippen LogP contribution in [0.15, 0.2) is 42.5 Å². The highest BCUT2D eigenvalue weighted by Gasteiger charge is 2.16. The SMILES string of the molecule is CCC(OC(=O)COc1ccc2ccccc2c1)C(C)C. The van der Waals surface area contributed by atoms with Gasteiger partial charge in [-0.25, -0.2) is 4.79 Å². The molecule has 0 saturated heterocycles. The second kappa shape index (κ2) is 7.11. The number of esters is 1. The van der Waals surface area contributed by atoms with Crippen molar-refractivity contribution in [1.82, 2.24) is 0 Å². The van der Waals surface area contributed by atoms with Gasteiger partial charge >= 0.3 is 5.97 Å². The first-order chi connectivity index (χ1) is 10.1. The van der Waals surface area contributed by atoms with E-state index < -0.39 is 0 Å². The standard InChI is InChI=1S/C18H22O3/c1-4-17(13(2)3)21-18(19)12-20-16-10-9-14-7-5-6-8-15(14)11-16/h5-11,13,17H,4,12H2,1-3H3. The number of ether oxygens (including phenoxy) is 2. The van der Waals surface area contributed by atoms with Crippen LogP contribution in [0.2, 0.25) is 0 Å². The molecule has 0 N–H and O–H groups in total. The van der Waals surface area contributed by atoms with Crippen LogP contribution in [0, 0.1) is 5.92 Å². The minimum absolute atomic E-state index is 0.0438. The molecule has 0 aliphatic heterocycles. The highest BCUT2D eigenvalue weighted by atomic mass is 16.6. The molecule has 3 heteroatoms. The molecule has 1 atom stereocenters. The van der Waals surface area contributed by atoms with E-state index in [2.05, 4.69) is 0 Å². The third-order valence-electron chi connectivity index (χ3n) is 3.51. The lowest BCUT2D eigenvalue weighted by Gasteiger charge is -2.19. The van der Waals surface area contributed by atoms with Gasteiger partial charge in [-0.1, -0.05) is 51.1 Å². The molecule has 0 aromatic heterocycles. The van der Waals surface area contributed by atoms with Gasteiger partial charge in [-0.3, -0.25) is 0 Å². The van der Waals surface area contributed by atoms with E-state index in [1.54, 1.807) is 0 Å². The maximum atomic E-state index is 11.8. The highest BCUT2D eigenvalue weighted by Crippen LogP contribution is 2.20. The maximum absolute atomic E-state index is 11.8. The summed E-state index contributed by atoms with van der Waals surface area (Å²) in [6, 6.07) is 13.8. The summed E-state index contributed by atoms with van der Waals surface area (Å²) < 4.78 is 10.9. The molecule has 0 heterocycles. The van der Waals surface area contributed by atoms with Crippen molar-refractivity contribution in [3.8, 4) is 5.75 Å². The molecular weight excluding hydrogens is 264 g/mol. The van der Waals surface area contributed by atoms with Crippen LogP contribution >= 0.6 is 0 Å². The van der Waals surface area contributed by atoms with Crippen LogP contribution in [0.4, 0.5) is 0 Å². The van der Waals surface area contributed by atoms with Crippen molar-refractivity contribution in [3.63, 3.8) is 0 Å². The maximum Gasteiger partial charge on any atom is 0.344 e. The molecule has 0 aliphatic rings. The van der Waals surface area contributed by atoms with E-state index in [9.17, 15) is 4.79 Å². The highest BCUT2D eigenvalue weighted by molar-refractivity contribution is 5.83. The average molecular weight is 286 g/mol. The summed E-state index contributed by atoms with van der Waals surface area (Å²) in [5.74, 6) is 0.687. The first kappa shape index (κ1) is 15.4. The van der Waals surface area contributed by atoms with Crippen molar-refractivity contribution >= 4 is 16.7 Å². The Balaban J connectivity index is 1.93. The summed E-state index contributed by atoms with van der Waals surface area (Å²) in [5, 5.41) is 2.25. The Hall–Kier alpha value is -2.03. The summed E-state index contributed by atoms with van der Waals surface area (Å²) in [6.07, 6.45) is 0.775. The number of hydrogen-bond acceptors (Lipinski definition) is 3. The molecule has 0 aliphatic carbocycles. The molecule has 0 radical (unpaired) electrons. The Morgan fingerprint density at radius 2 is 1.81 bits per heavy atom. The molecule has 2 rings (SSSR count). The molecule has 2 aromatic carbocycles. The van der Waals surface area contributed by atoms with E-state index in [-0.39, 0.29) is 18.7 Å². The van der Waals surface area contributed by atoms with E-state index in [1.165, 1.54) is 0 Å². The van der Waals surface area contributed by atoms with Gasteiger partial charge in [0, 0.05) is 0 Å². The molecule has 3 nitrogen and oxygen atoms in total. The van der Waals surface area contributed by atoms with Crippen molar-refractivity contribution in [3.05, 3.63) is 42.5 Å². The normalized spacial score (nSPS) is 12.4. The van der Waals surface area contributed by atoms with E-state index >= 15 is 0 Å². The molecule has 0 amide bonds. The minimum Gasteiger partial charge on any atom is -0.482 e. The smallest absolute Gasteiger partial charge is 0.344 e. The lowest BCUT2D eigenvalue weighted by atomic mass is 10.1. The molecule has 1 unspecified atom stereocenters. The third kappa shape index (κ3) is 4.22. The Kier molecular flexibility index (Phi) is 5.20. The van der Waals surface area contributed by atoms with Gasteiger partial charge in [0.1, 0.15) is 11.9 Å². The molecule has 0 bridgehead atoms. The predicted molar refractivity (Wildman–Crippen MR) is 84.5 cm³/mol. The molecule has 0 fully saturated rings. The Bertz CT molecular complexity index is 604. The lowest BCUT2D eigenvalue weighted by molar-refractivity contribution is -0.153. The Morgan fingerprint density at radius 3 is 2.48 bits per heavy atom. The fourth-order valence-corrected chi connectivity index (χ4v) is 2.29. The molecule has 2 aromatic rings. The topological polar surface area (TPSA) is 35.5 Å². The predicted octanol–water partition coefficient (Wildman–Crippen LogP) is 4.20. The Labute approximate surface area is 125 Å². The van der Waals surface area contributed by atoms with E-state index in [0.717, 1.165) is 17.2 Å². The molecule has 0 saturated carbocycles. The minimum atomic E-state index is -0.316. The molecule has 21 heavy (non-hydrogen) atoms. The van der Waals surface area contributed by atoms with E-state index in [1.807, 2.05) is 63.2 Å². The summed E-state index contributed by atoms with van der Waals surface area (Å²) in [7, 11) is 0. The summed E-state index contributed by atoms with van der Waals surface area (Å²) >= 11 is 0. The van der Waals surface area contributed by atoms with Crippen LogP contribution < -0.4 is 4.74 Å². The number of benzene rings is 2. The van der Waals surface area contributed by atoms with Gasteiger partial charge in [0.25, 0.3) is 0 Å². The van der Waals surface area contributed by atoms with Crippen molar-refractivity contribution in [2.24, 2.45) is 5.92 Å². The van der Waals surface area contributed by atoms with Crippen LogP contribution in [-0.2, 0) is 9.53 Å². The first-order valence-electron chi connectivity index (χ1n) is 7.41. The zero-order valence-electron chi connectivity index (χ0n) is 12.8. The van der Waals surface area contributed by atoms with Gasteiger partial charge in [-0.2, -0.15) is 0 Å². The average Bonchev–Trinajstić information content (AvgIpc) is 2.50. The van der Waals surface area contributed by atoms with Gasteiger partial charge in [-0.15, -0.1) is 0 Å². The third-order valence-corrected chi connectivity index (χ3v) is 3.51. The van der Waals surface area contributed by atoms with Crippen LogP contribution in [0.5, 0.6) is 5.75 Å². The van der Waals surface area contributed by atoms with E-state index in [0.29, 0.717) is 11.7 Å². The van der Waals surface area contributed by atoms with Crippen LogP contribution in [0.25, 0.3) is 10.8 Å². The largest absolute Gasteiger partial charge is 0.482 e. The van der Waals surface area contributed by atoms with Crippen molar-refractivity contribution < 1.29 is 14.3 Å². The quantitative estimate of drug-likeness (QED) is 0.747. The summed E-state index contributed by atoms with van der Waals surface area (Å²) in [6.45, 7) is 6.06. The number of hydrogen-bond donors (Lipinski definition) is 0. The summed E-state index contributed by atoms with van der Waals surface area (Å²) in [5.41, 5.74) is 0. The second-order valence-corrected chi connectivity index (χ2v) is 5.48. The first-order valence-corrected chi connectivity index (χ1v) is 7.41. The molecule has 0 spiro atoms. The van der Waals surface area contributed by atoms with Crippen LogP contribution in [0.3, 0.4) is 0 Å². The van der Waals surface area contributed by atoms with Gasteiger partial charge in [0.2, 0.25) is 0 Å². The fraction of sp³-hybridized carbons (Fsp3) is 0.389. The zero-order valence-corrected chi connectivity index (χ0v) is 12.8. The van der Waals surface area contributed by atoms with Gasteiger partial charge < -0.3 is 9.47 Å². The monoisotopic (exact) mass is 286 g/mol. The van der Waals surface area contributed by atoms with Crippen LogP contribution in [0.1, 0.15) is 27.2 Å². The van der Waals surface area contributed by atoms with Crippen molar-refractivity contribution in [2.75, 3.05) is 6.61 Å². The van der Waals surface area contributed by atoms with Gasteiger partial charge in [-0.05, 0) is 35.2 Å². The molecular formula is C18H22O3. The van der Waals surface area contributed by atoms with Gasteiger partial charge in [0.05, 0.1) is 0 Å². The van der Waals surface area contributed by atoms with Gasteiger partial charge in [0.15, 0.2) is 6.61 Å². The lowest BCUT2D eigenvalue weighted by Crippen LogP contribution is -2.26. The van der Waals surface area contributed by atoms with Crippen molar-refractivity contribution in [2.45, 2.75) is 33.3 Å².